The first-order valence-corrected chi connectivity index (χ1v) is 7.26. The lowest BCUT2D eigenvalue weighted by atomic mass is 10.0. The molecule has 1 aliphatic carbocycles. The third-order valence-corrected chi connectivity index (χ3v) is 4.28. The standard InChI is InChI=1S/C15H21N5/c1-3-6-15(7-8-15)10-20-14(17-18-19-20)12-4-5-13(16)11(2)9-12/h4-5,9H,3,6-8,10,16H2,1-2H3. The van der Waals surface area contributed by atoms with Crippen molar-refractivity contribution in [3.63, 3.8) is 0 Å². The minimum absolute atomic E-state index is 0.432. The third-order valence-electron chi connectivity index (χ3n) is 4.28. The van der Waals surface area contributed by atoms with Crippen LogP contribution >= 0.6 is 0 Å². The molecular weight excluding hydrogens is 250 g/mol. The van der Waals surface area contributed by atoms with Crippen LogP contribution in [0.5, 0.6) is 0 Å². The zero-order chi connectivity index (χ0) is 14.2. The van der Waals surface area contributed by atoms with Crippen molar-refractivity contribution in [3.8, 4) is 11.4 Å². The number of hydrogen-bond donors (Lipinski definition) is 1. The molecule has 0 aliphatic heterocycles. The van der Waals surface area contributed by atoms with E-state index in [4.69, 9.17) is 5.73 Å². The highest BCUT2D eigenvalue weighted by Crippen LogP contribution is 2.51. The zero-order valence-electron chi connectivity index (χ0n) is 12.1. The fraction of sp³-hybridized carbons (Fsp3) is 0.533. The summed E-state index contributed by atoms with van der Waals surface area (Å²) in [7, 11) is 0. The van der Waals surface area contributed by atoms with Gasteiger partial charge in [0.15, 0.2) is 5.82 Å². The molecule has 5 nitrogen and oxygen atoms in total. The Hall–Kier alpha value is -1.91. The third kappa shape index (κ3) is 2.40. The summed E-state index contributed by atoms with van der Waals surface area (Å²) >= 11 is 0. The largest absolute Gasteiger partial charge is 0.399 e. The molecule has 106 valence electrons. The van der Waals surface area contributed by atoms with E-state index in [0.717, 1.165) is 29.2 Å². The smallest absolute Gasteiger partial charge is 0.182 e. The van der Waals surface area contributed by atoms with E-state index in [9.17, 15) is 0 Å². The Morgan fingerprint density at radius 2 is 2.15 bits per heavy atom. The average molecular weight is 271 g/mol. The Morgan fingerprint density at radius 1 is 1.35 bits per heavy atom. The Bertz CT molecular complexity index is 612. The van der Waals surface area contributed by atoms with E-state index in [-0.39, 0.29) is 0 Å². The lowest BCUT2D eigenvalue weighted by Gasteiger charge is -2.14. The summed E-state index contributed by atoms with van der Waals surface area (Å²) in [6.45, 7) is 5.17. The van der Waals surface area contributed by atoms with Gasteiger partial charge in [-0.2, -0.15) is 0 Å². The van der Waals surface area contributed by atoms with Crippen LogP contribution in [0, 0.1) is 12.3 Å². The van der Waals surface area contributed by atoms with Gasteiger partial charge in [0.2, 0.25) is 0 Å². The van der Waals surface area contributed by atoms with Crippen molar-refractivity contribution in [3.05, 3.63) is 23.8 Å². The number of tetrazole rings is 1. The van der Waals surface area contributed by atoms with Crippen LogP contribution in [-0.4, -0.2) is 20.2 Å². The summed E-state index contributed by atoms with van der Waals surface area (Å²) in [6, 6.07) is 5.96. The van der Waals surface area contributed by atoms with Crippen LogP contribution in [0.2, 0.25) is 0 Å². The van der Waals surface area contributed by atoms with Crippen LogP contribution in [0.3, 0.4) is 0 Å². The number of rotatable bonds is 5. The Morgan fingerprint density at radius 3 is 2.80 bits per heavy atom. The molecule has 2 N–H and O–H groups in total. The van der Waals surface area contributed by atoms with E-state index in [1.807, 2.05) is 23.7 Å². The maximum atomic E-state index is 5.87. The number of benzene rings is 1. The molecule has 20 heavy (non-hydrogen) atoms. The molecule has 1 saturated carbocycles. The van der Waals surface area contributed by atoms with Gasteiger partial charge in [0.05, 0.1) is 6.54 Å². The van der Waals surface area contributed by atoms with E-state index >= 15 is 0 Å². The normalized spacial score (nSPS) is 16.3. The number of aromatic nitrogens is 4. The van der Waals surface area contributed by atoms with Gasteiger partial charge in [-0.05, 0) is 65.8 Å². The van der Waals surface area contributed by atoms with E-state index in [0.29, 0.717) is 5.41 Å². The van der Waals surface area contributed by atoms with Crippen molar-refractivity contribution >= 4 is 5.69 Å². The van der Waals surface area contributed by atoms with Gasteiger partial charge in [-0.15, -0.1) is 5.10 Å². The Labute approximate surface area is 119 Å². The first-order chi connectivity index (χ1) is 9.63. The second-order valence-corrected chi connectivity index (χ2v) is 5.98. The van der Waals surface area contributed by atoms with Gasteiger partial charge >= 0.3 is 0 Å². The van der Waals surface area contributed by atoms with Crippen molar-refractivity contribution in [2.24, 2.45) is 5.41 Å². The van der Waals surface area contributed by atoms with E-state index in [1.54, 1.807) is 0 Å². The van der Waals surface area contributed by atoms with E-state index in [1.165, 1.54) is 25.7 Å². The quantitative estimate of drug-likeness (QED) is 0.849. The van der Waals surface area contributed by atoms with Crippen LogP contribution in [0.4, 0.5) is 5.69 Å². The van der Waals surface area contributed by atoms with Crippen LogP contribution in [0.1, 0.15) is 38.2 Å². The van der Waals surface area contributed by atoms with Crippen LogP contribution < -0.4 is 5.73 Å². The summed E-state index contributed by atoms with van der Waals surface area (Å²) in [5, 5.41) is 12.2. The number of hydrogen-bond acceptors (Lipinski definition) is 4. The van der Waals surface area contributed by atoms with Crippen molar-refractivity contribution in [2.45, 2.75) is 46.1 Å². The molecule has 1 aliphatic rings. The van der Waals surface area contributed by atoms with Gasteiger partial charge < -0.3 is 5.73 Å². The molecule has 1 aromatic heterocycles. The molecule has 1 fully saturated rings. The molecule has 0 saturated heterocycles. The first kappa shape index (κ1) is 13.1. The van der Waals surface area contributed by atoms with Gasteiger partial charge in [0.1, 0.15) is 0 Å². The van der Waals surface area contributed by atoms with Gasteiger partial charge in [0.25, 0.3) is 0 Å². The zero-order valence-corrected chi connectivity index (χ0v) is 12.1. The minimum atomic E-state index is 0.432. The molecule has 1 aromatic carbocycles. The summed E-state index contributed by atoms with van der Waals surface area (Å²) < 4.78 is 1.95. The molecule has 0 radical (unpaired) electrons. The molecule has 2 aromatic rings. The van der Waals surface area contributed by atoms with Crippen molar-refractivity contribution in [2.75, 3.05) is 5.73 Å². The number of nitrogens with zero attached hydrogens (tertiary/aromatic N) is 4. The van der Waals surface area contributed by atoms with Crippen molar-refractivity contribution in [1.82, 2.24) is 20.2 Å². The average Bonchev–Trinajstić information content (AvgIpc) is 3.01. The maximum absolute atomic E-state index is 5.87. The molecular formula is C15H21N5. The molecule has 0 spiro atoms. The molecule has 0 amide bonds. The Kier molecular flexibility index (Phi) is 3.20. The second-order valence-electron chi connectivity index (χ2n) is 5.98. The highest BCUT2D eigenvalue weighted by molar-refractivity contribution is 5.61. The molecule has 0 bridgehead atoms. The number of nitrogens with two attached hydrogens (primary N) is 1. The lowest BCUT2D eigenvalue weighted by molar-refractivity contribution is 0.365. The van der Waals surface area contributed by atoms with E-state index < -0.39 is 0 Å². The van der Waals surface area contributed by atoms with Gasteiger partial charge in [-0.3, -0.25) is 0 Å². The summed E-state index contributed by atoms with van der Waals surface area (Å²) in [5.41, 5.74) is 9.21. The fourth-order valence-corrected chi connectivity index (χ4v) is 2.84. The second kappa shape index (κ2) is 4.89. The number of aryl methyl sites for hydroxylation is 1. The topological polar surface area (TPSA) is 69.6 Å². The first-order valence-electron chi connectivity index (χ1n) is 7.26. The molecule has 5 heteroatoms. The van der Waals surface area contributed by atoms with Crippen molar-refractivity contribution < 1.29 is 0 Å². The lowest BCUT2D eigenvalue weighted by Crippen LogP contribution is -2.14. The van der Waals surface area contributed by atoms with Crippen LogP contribution in [-0.2, 0) is 6.54 Å². The van der Waals surface area contributed by atoms with Crippen LogP contribution in [0.15, 0.2) is 18.2 Å². The fourth-order valence-electron chi connectivity index (χ4n) is 2.84. The van der Waals surface area contributed by atoms with Gasteiger partial charge in [-0.25, -0.2) is 4.68 Å². The molecule has 0 unspecified atom stereocenters. The molecule has 3 rings (SSSR count). The summed E-state index contributed by atoms with van der Waals surface area (Å²) in [5.74, 6) is 0.843. The number of nitrogen functional groups attached to an aromatic ring is 1. The SMILES string of the molecule is CCCC1(Cn2nnnc2-c2ccc(N)c(C)c2)CC1. The monoisotopic (exact) mass is 271 g/mol. The predicted molar refractivity (Wildman–Crippen MR) is 79.0 cm³/mol. The maximum Gasteiger partial charge on any atom is 0.182 e. The summed E-state index contributed by atoms with van der Waals surface area (Å²) in [6.07, 6.45) is 5.06. The highest BCUT2D eigenvalue weighted by Gasteiger charge is 2.42. The predicted octanol–water partition coefficient (Wildman–Crippen LogP) is 2.81. The van der Waals surface area contributed by atoms with Crippen LogP contribution in [0.25, 0.3) is 11.4 Å². The van der Waals surface area contributed by atoms with Crippen molar-refractivity contribution in [1.29, 1.82) is 0 Å². The number of anilines is 1. The minimum Gasteiger partial charge on any atom is -0.399 e. The summed E-state index contributed by atoms with van der Waals surface area (Å²) in [4.78, 5) is 0. The van der Waals surface area contributed by atoms with Gasteiger partial charge in [-0.1, -0.05) is 13.3 Å². The van der Waals surface area contributed by atoms with E-state index in [2.05, 4.69) is 28.5 Å². The highest BCUT2D eigenvalue weighted by atomic mass is 15.5. The molecule has 0 atom stereocenters. The molecule has 1 heterocycles. The Balaban J connectivity index is 1.88. The van der Waals surface area contributed by atoms with Gasteiger partial charge in [0, 0.05) is 11.3 Å².